The first-order chi connectivity index (χ1) is 14.5. The molecule has 0 spiro atoms. The van der Waals surface area contributed by atoms with Gasteiger partial charge in [0.05, 0.1) is 23.3 Å². The van der Waals surface area contributed by atoms with Crippen molar-refractivity contribution in [3.63, 3.8) is 0 Å². The summed E-state index contributed by atoms with van der Waals surface area (Å²) in [4.78, 5) is 26.1. The number of carbonyl (C=O) groups is 1. The van der Waals surface area contributed by atoms with Crippen molar-refractivity contribution in [3.05, 3.63) is 82.4 Å². The van der Waals surface area contributed by atoms with Crippen LogP contribution in [0.15, 0.2) is 66.7 Å². The van der Waals surface area contributed by atoms with E-state index in [1.54, 1.807) is 30.3 Å². The van der Waals surface area contributed by atoms with Gasteiger partial charge in [-0.1, -0.05) is 0 Å². The van der Waals surface area contributed by atoms with Gasteiger partial charge in [-0.3, -0.25) is 10.1 Å². The Balaban J connectivity index is 1.85. The molecule has 0 amide bonds. The minimum atomic E-state index is -0.589. The summed E-state index contributed by atoms with van der Waals surface area (Å²) in [6.07, 6.45) is 0. The van der Waals surface area contributed by atoms with Crippen molar-refractivity contribution in [2.45, 2.75) is 0 Å². The number of non-ortho nitro benzene ring substituents is 1. The molecule has 3 rings (SSSR count). The van der Waals surface area contributed by atoms with E-state index in [0.717, 1.165) is 0 Å². The molecule has 0 saturated carbocycles. The maximum Gasteiger partial charge on any atom is 0.338 e. The van der Waals surface area contributed by atoms with Gasteiger partial charge in [-0.15, -0.1) is 4.99 Å². The van der Waals surface area contributed by atoms with E-state index in [9.17, 15) is 14.9 Å². The van der Waals surface area contributed by atoms with Crippen LogP contribution in [0.2, 0.25) is 0 Å². The molecule has 0 aliphatic carbocycles. The van der Waals surface area contributed by atoms with E-state index in [1.165, 1.54) is 43.5 Å². The maximum atomic E-state index is 12.0. The Labute approximate surface area is 170 Å². The molecule has 0 saturated heterocycles. The lowest BCUT2D eigenvalue weighted by molar-refractivity contribution is -0.384. The normalized spacial score (nSPS) is 10.2. The Morgan fingerprint density at radius 2 is 1.43 bits per heavy atom. The molecular weight excluding hydrogens is 396 g/mol. The third-order valence-electron chi connectivity index (χ3n) is 3.84. The van der Waals surface area contributed by atoms with E-state index in [1.807, 2.05) is 0 Å². The van der Waals surface area contributed by atoms with Crippen molar-refractivity contribution < 1.29 is 34.2 Å². The summed E-state index contributed by atoms with van der Waals surface area (Å²) in [5.41, 5.74) is 2.87. The summed E-state index contributed by atoms with van der Waals surface area (Å²) in [6, 6.07) is 16.4. The smallest absolute Gasteiger partial charge is 0.338 e. The Kier molecular flexibility index (Phi) is 6.42. The molecule has 0 aliphatic heterocycles. The lowest BCUT2D eigenvalue weighted by Gasteiger charge is -2.12. The summed E-state index contributed by atoms with van der Waals surface area (Å²) in [5, 5.41) is 19.2. The second kappa shape index (κ2) is 9.37. The van der Waals surface area contributed by atoms with E-state index in [0.29, 0.717) is 22.9 Å². The van der Waals surface area contributed by atoms with E-state index < -0.39 is 10.9 Å². The van der Waals surface area contributed by atoms with Crippen LogP contribution in [0.1, 0.15) is 10.4 Å². The molecule has 154 valence electrons. The van der Waals surface area contributed by atoms with Crippen LogP contribution in [0, 0.1) is 10.1 Å². The predicted octanol–water partition coefficient (Wildman–Crippen LogP) is 4.78. The summed E-state index contributed by atoms with van der Waals surface area (Å²) >= 11 is 0. The first kappa shape index (κ1) is 20.6. The number of ether oxygens (including phenoxy) is 3. The highest BCUT2D eigenvalue weighted by molar-refractivity contribution is 5.90. The molecular formula is C20H16N2O8. The van der Waals surface area contributed by atoms with Crippen molar-refractivity contribution >= 4 is 17.3 Å². The number of rotatable bonds is 8. The Morgan fingerprint density at radius 3 is 1.90 bits per heavy atom. The molecule has 0 aliphatic rings. The largest absolute Gasteiger partial charge is 0.465 e. The fourth-order valence-electron chi connectivity index (χ4n) is 2.48. The first-order valence-electron chi connectivity index (χ1n) is 8.48. The van der Waals surface area contributed by atoms with Crippen LogP contribution >= 0.6 is 0 Å². The van der Waals surface area contributed by atoms with Gasteiger partial charge in [0.2, 0.25) is 0 Å². The molecule has 0 bridgehead atoms. The van der Waals surface area contributed by atoms with Gasteiger partial charge >= 0.3 is 5.97 Å². The van der Waals surface area contributed by atoms with Crippen molar-refractivity contribution in [2.24, 2.45) is 0 Å². The number of nitrogens with zero attached hydrogens (tertiary/aromatic N) is 1. The number of esters is 1. The number of hydrogen-bond donors (Lipinski definition) is 2. The van der Waals surface area contributed by atoms with Gasteiger partial charge in [-0.2, -0.15) is 0 Å². The van der Waals surface area contributed by atoms with Crippen LogP contribution < -0.4 is 15.0 Å². The monoisotopic (exact) mass is 412 g/mol. The molecule has 0 unspecified atom stereocenters. The van der Waals surface area contributed by atoms with Gasteiger partial charge in [0.15, 0.2) is 0 Å². The lowest BCUT2D eigenvalue weighted by atomic mass is 10.2. The van der Waals surface area contributed by atoms with Gasteiger partial charge in [0, 0.05) is 18.2 Å². The highest BCUT2D eigenvalue weighted by Crippen LogP contribution is 2.31. The van der Waals surface area contributed by atoms with Gasteiger partial charge in [-0.25, -0.2) is 15.5 Å². The van der Waals surface area contributed by atoms with Crippen LogP contribution in [-0.2, 0) is 9.73 Å². The SMILES string of the molecule is COC(=O)c1cc(Oc2ccc(NOO)cc2)cc(Oc2ccc([N+](=O)[O-])cc2)c1. The van der Waals surface area contributed by atoms with E-state index in [2.05, 4.69) is 10.5 Å². The molecule has 0 fully saturated rings. The molecule has 0 aromatic heterocycles. The number of methoxy groups -OCH3 is 1. The van der Waals surface area contributed by atoms with E-state index in [4.69, 9.17) is 19.5 Å². The zero-order valence-corrected chi connectivity index (χ0v) is 15.6. The number of nitrogens with one attached hydrogen (secondary N) is 1. The summed E-state index contributed by atoms with van der Waals surface area (Å²) in [5.74, 6) is 0.770. The average Bonchev–Trinajstić information content (AvgIpc) is 2.75. The maximum absolute atomic E-state index is 12.0. The number of anilines is 1. The summed E-state index contributed by atoms with van der Waals surface area (Å²) < 4.78 is 16.2. The lowest BCUT2D eigenvalue weighted by Crippen LogP contribution is -2.02. The van der Waals surface area contributed by atoms with Crippen molar-refractivity contribution in [1.29, 1.82) is 0 Å². The second-order valence-electron chi connectivity index (χ2n) is 5.86. The van der Waals surface area contributed by atoms with Crippen LogP contribution in [-0.4, -0.2) is 23.3 Å². The Bertz CT molecular complexity index is 1040. The highest BCUT2D eigenvalue weighted by atomic mass is 17.2. The molecule has 2 N–H and O–H groups in total. The van der Waals surface area contributed by atoms with E-state index in [-0.39, 0.29) is 17.0 Å². The average molecular weight is 412 g/mol. The van der Waals surface area contributed by atoms with Crippen LogP contribution in [0.4, 0.5) is 11.4 Å². The van der Waals surface area contributed by atoms with Gasteiger partial charge in [-0.05, 0) is 48.5 Å². The number of benzene rings is 3. The van der Waals surface area contributed by atoms with Crippen LogP contribution in [0.25, 0.3) is 0 Å². The number of carbonyl (C=O) groups excluding carboxylic acids is 1. The standard InChI is InChI=1S/C20H16N2O8/c1-27-20(23)13-10-18(28-16-6-2-14(3-7-16)21-30-26)12-19(11-13)29-17-8-4-15(5-9-17)22(24)25/h2-12,21,26H,1H3. The van der Waals surface area contributed by atoms with Crippen LogP contribution in [0.3, 0.4) is 0 Å². The molecule has 30 heavy (non-hydrogen) atoms. The topological polar surface area (TPSA) is 129 Å². The zero-order chi connectivity index (χ0) is 21.5. The Morgan fingerprint density at radius 1 is 0.900 bits per heavy atom. The van der Waals surface area contributed by atoms with Gasteiger partial charge in [0.1, 0.15) is 23.0 Å². The highest BCUT2D eigenvalue weighted by Gasteiger charge is 2.13. The predicted molar refractivity (Wildman–Crippen MR) is 105 cm³/mol. The molecule has 3 aromatic carbocycles. The number of hydrogen-bond acceptors (Lipinski definition) is 9. The fourth-order valence-corrected chi connectivity index (χ4v) is 2.48. The zero-order valence-electron chi connectivity index (χ0n) is 15.6. The van der Waals surface area contributed by atoms with E-state index >= 15 is 0 Å². The third kappa shape index (κ3) is 5.22. The minimum absolute atomic E-state index is 0.0702. The first-order valence-corrected chi connectivity index (χ1v) is 8.48. The van der Waals surface area contributed by atoms with Crippen LogP contribution in [0.5, 0.6) is 23.0 Å². The molecule has 10 heteroatoms. The Hall–Kier alpha value is -4.15. The number of nitro groups is 1. The molecule has 3 aromatic rings. The van der Waals surface area contributed by atoms with Crippen molar-refractivity contribution in [3.8, 4) is 23.0 Å². The second-order valence-corrected chi connectivity index (χ2v) is 5.86. The van der Waals surface area contributed by atoms with Crippen molar-refractivity contribution in [1.82, 2.24) is 0 Å². The number of nitro benzene ring substituents is 1. The fraction of sp³-hybridized carbons (Fsp3) is 0.0500. The van der Waals surface area contributed by atoms with Crippen molar-refractivity contribution in [2.75, 3.05) is 12.6 Å². The third-order valence-corrected chi connectivity index (χ3v) is 3.84. The molecule has 0 radical (unpaired) electrons. The minimum Gasteiger partial charge on any atom is -0.465 e. The molecule has 10 nitrogen and oxygen atoms in total. The quantitative estimate of drug-likeness (QED) is 0.232. The summed E-state index contributed by atoms with van der Waals surface area (Å²) in [6.45, 7) is 0. The summed E-state index contributed by atoms with van der Waals surface area (Å²) in [7, 11) is 1.25. The molecule has 0 heterocycles. The van der Waals surface area contributed by atoms with Gasteiger partial charge < -0.3 is 14.2 Å². The molecule has 0 atom stereocenters. The van der Waals surface area contributed by atoms with Gasteiger partial charge in [0.25, 0.3) is 5.69 Å².